The Balaban J connectivity index is 2.34. The van der Waals surface area contributed by atoms with Gasteiger partial charge in [-0.3, -0.25) is 0 Å². The summed E-state index contributed by atoms with van der Waals surface area (Å²) in [6.45, 7) is 2.95. The van der Waals surface area contributed by atoms with Crippen LogP contribution in [0, 0.1) is 11.7 Å². The van der Waals surface area contributed by atoms with E-state index < -0.39 is 0 Å². The summed E-state index contributed by atoms with van der Waals surface area (Å²) in [5.74, 6) is 1.04. The van der Waals surface area contributed by atoms with Crippen LogP contribution in [0.3, 0.4) is 0 Å². The molecule has 0 radical (unpaired) electrons. The van der Waals surface area contributed by atoms with Crippen molar-refractivity contribution in [3.05, 3.63) is 35.1 Å². The normalized spacial score (nSPS) is 25.0. The molecule has 1 nitrogen and oxygen atoms in total. The minimum Gasteiger partial charge on any atom is -0.330 e. The molecule has 0 amide bonds. The Morgan fingerprint density at radius 1 is 1.47 bits per heavy atom. The number of fused-ring (bicyclic) bond motifs is 1. The lowest BCUT2D eigenvalue weighted by Crippen LogP contribution is -2.19. The van der Waals surface area contributed by atoms with E-state index in [2.05, 4.69) is 6.92 Å². The van der Waals surface area contributed by atoms with E-state index in [4.69, 9.17) is 5.73 Å². The zero-order valence-electron chi connectivity index (χ0n) is 9.17. The molecule has 2 rings (SSSR count). The average molecular weight is 207 g/mol. The average Bonchev–Trinajstić information content (AvgIpc) is 2.19. The molecule has 1 aliphatic rings. The van der Waals surface area contributed by atoms with Crippen molar-refractivity contribution >= 4 is 0 Å². The van der Waals surface area contributed by atoms with Crippen LogP contribution < -0.4 is 5.73 Å². The summed E-state index contributed by atoms with van der Waals surface area (Å²) in [6, 6.07) is 5.20. The summed E-state index contributed by atoms with van der Waals surface area (Å²) in [5, 5.41) is 0. The number of rotatable bonds is 2. The largest absolute Gasteiger partial charge is 0.330 e. The molecule has 0 bridgehead atoms. The highest BCUT2D eigenvalue weighted by atomic mass is 19.1. The van der Waals surface area contributed by atoms with Gasteiger partial charge in [-0.1, -0.05) is 13.0 Å². The summed E-state index contributed by atoms with van der Waals surface area (Å²) < 4.78 is 13.2. The van der Waals surface area contributed by atoms with E-state index in [9.17, 15) is 4.39 Å². The molecule has 0 saturated carbocycles. The molecule has 82 valence electrons. The third kappa shape index (κ3) is 2.20. The summed E-state index contributed by atoms with van der Waals surface area (Å²) >= 11 is 0. The monoisotopic (exact) mass is 207 g/mol. The number of benzene rings is 1. The van der Waals surface area contributed by atoms with Crippen molar-refractivity contribution in [2.75, 3.05) is 6.54 Å². The van der Waals surface area contributed by atoms with Gasteiger partial charge in [0.1, 0.15) is 5.82 Å². The zero-order chi connectivity index (χ0) is 10.8. The van der Waals surface area contributed by atoms with Gasteiger partial charge in [0.25, 0.3) is 0 Å². The highest BCUT2D eigenvalue weighted by Crippen LogP contribution is 2.36. The fraction of sp³-hybridized carbons (Fsp3) is 0.538. The topological polar surface area (TPSA) is 26.0 Å². The van der Waals surface area contributed by atoms with Gasteiger partial charge in [-0.2, -0.15) is 0 Å². The first-order valence-corrected chi connectivity index (χ1v) is 5.69. The van der Waals surface area contributed by atoms with Crippen LogP contribution in [0.15, 0.2) is 18.2 Å². The minimum atomic E-state index is -0.120. The van der Waals surface area contributed by atoms with Crippen molar-refractivity contribution in [1.29, 1.82) is 0 Å². The molecule has 2 heteroatoms. The smallest absolute Gasteiger partial charge is 0.123 e. The molecule has 2 unspecified atom stereocenters. The van der Waals surface area contributed by atoms with Gasteiger partial charge in [-0.05, 0) is 60.9 Å². The first-order chi connectivity index (χ1) is 7.20. The van der Waals surface area contributed by atoms with Gasteiger partial charge >= 0.3 is 0 Å². The van der Waals surface area contributed by atoms with E-state index >= 15 is 0 Å². The third-order valence-corrected chi connectivity index (χ3v) is 3.32. The molecule has 2 atom stereocenters. The van der Waals surface area contributed by atoms with Gasteiger partial charge in [0.15, 0.2) is 0 Å². The highest BCUT2D eigenvalue weighted by molar-refractivity contribution is 5.33. The zero-order valence-corrected chi connectivity index (χ0v) is 9.17. The van der Waals surface area contributed by atoms with Crippen LogP contribution >= 0.6 is 0 Å². The summed E-state index contributed by atoms with van der Waals surface area (Å²) in [6.07, 6.45) is 3.20. The van der Waals surface area contributed by atoms with Crippen molar-refractivity contribution in [1.82, 2.24) is 0 Å². The van der Waals surface area contributed by atoms with Crippen LogP contribution in [0.1, 0.15) is 36.8 Å². The fourth-order valence-electron chi connectivity index (χ4n) is 2.68. The summed E-state index contributed by atoms with van der Waals surface area (Å²) in [5.41, 5.74) is 8.11. The molecule has 2 N–H and O–H groups in total. The maximum Gasteiger partial charge on any atom is 0.123 e. The lowest BCUT2D eigenvalue weighted by Gasteiger charge is -2.29. The molecule has 0 spiro atoms. The Labute approximate surface area is 90.5 Å². The van der Waals surface area contributed by atoms with E-state index in [0.29, 0.717) is 18.4 Å². The molecule has 1 aromatic rings. The van der Waals surface area contributed by atoms with E-state index in [1.807, 2.05) is 6.07 Å². The second-order valence-electron chi connectivity index (χ2n) is 4.66. The van der Waals surface area contributed by atoms with Gasteiger partial charge in [0, 0.05) is 0 Å². The van der Waals surface area contributed by atoms with Gasteiger partial charge in [0.2, 0.25) is 0 Å². The molecule has 1 aliphatic carbocycles. The van der Waals surface area contributed by atoms with Gasteiger partial charge in [0.05, 0.1) is 0 Å². The Bertz CT molecular complexity index is 348. The predicted molar refractivity (Wildman–Crippen MR) is 60.3 cm³/mol. The minimum absolute atomic E-state index is 0.120. The second-order valence-corrected chi connectivity index (χ2v) is 4.66. The first kappa shape index (κ1) is 10.6. The molecule has 0 aromatic heterocycles. The standard InChI is InChI=1S/C13H18FN/c1-9-6-10-2-3-12(14)8-13(10)11(7-9)4-5-15/h2-3,8-9,11H,4-7,15H2,1H3. The quantitative estimate of drug-likeness (QED) is 0.793. The molecular formula is C13H18FN. The van der Waals surface area contributed by atoms with Crippen LogP contribution in [0.2, 0.25) is 0 Å². The summed E-state index contributed by atoms with van der Waals surface area (Å²) in [4.78, 5) is 0. The van der Waals surface area contributed by atoms with Crippen molar-refractivity contribution < 1.29 is 4.39 Å². The Kier molecular flexibility index (Phi) is 3.06. The van der Waals surface area contributed by atoms with Crippen LogP contribution in [-0.2, 0) is 6.42 Å². The lowest BCUT2D eigenvalue weighted by atomic mass is 9.76. The Hall–Kier alpha value is -0.890. The molecule has 0 aliphatic heterocycles. The number of hydrogen-bond acceptors (Lipinski definition) is 1. The molecule has 0 saturated heterocycles. The molecule has 0 heterocycles. The molecular weight excluding hydrogens is 189 g/mol. The molecule has 1 aromatic carbocycles. The Morgan fingerprint density at radius 3 is 3.00 bits per heavy atom. The molecule has 0 fully saturated rings. The second kappa shape index (κ2) is 4.31. The number of halogens is 1. The number of hydrogen-bond donors (Lipinski definition) is 1. The van der Waals surface area contributed by atoms with E-state index in [-0.39, 0.29) is 5.82 Å². The van der Waals surface area contributed by atoms with Crippen molar-refractivity contribution in [3.8, 4) is 0 Å². The van der Waals surface area contributed by atoms with E-state index in [1.54, 1.807) is 12.1 Å². The third-order valence-electron chi connectivity index (χ3n) is 3.32. The van der Waals surface area contributed by atoms with Crippen LogP contribution in [-0.4, -0.2) is 6.54 Å². The van der Waals surface area contributed by atoms with Crippen molar-refractivity contribution in [2.24, 2.45) is 11.7 Å². The maximum atomic E-state index is 13.2. The van der Waals surface area contributed by atoms with Gasteiger partial charge in [-0.15, -0.1) is 0 Å². The number of nitrogens with two attached hydrogens (primary N) is 1. The lowest BCUT2D eigenvalue weighted by molar-refractivity contribution is 0.416. The predicted octanol–water partition coefficient (Wildman–Crippen LogP) is 2.84. The van der Waals surface area contributed by atoms with Crippen LogP contribution in [0.4, 0.5) is 4.39 Å². The van der Waals surface area contributed by atoms with Crippen LogP contribution in [0.25, 0.3) is 0 Å². The molecule has 15 heavy (non-hydrogen) atoms. The highest BCUT2D eigenvalue weighted by Gasteiger charge is 2.24. The fourth-order valence-corrected chi connectivity index (χ4v) is 2.68. The Morgan fingerprint density at radius 2 is 2.27 bits per heavy atom. The maximum absolute atomic E-state index is 13.2. The van der Waals surface area contributed by atoms with Crippen molar-refractivity contribution in [3.63, 3.8) is 0 Å². The van der Waals surface area contributed by atoms with Crippen molar-refractivity contribution in [2.45, 2.75) is 32.1 Å². The summed E-state index contributed by atoms with van der Waals surface area (Å²) in [7, 11) is 0. The van der Waals surface area contributed by atoms with E-state index in [1.165, 1.54) is 11.1 Å². The van der Waals surface area contributed by atoms with Gasteiger partial charge in [-0.25, -0.2) is 4.39 Å². The first-order valence-electron chi connectivity index (χ1n) is 5.69. The SMILES string of the molecule is CC1Cc2ccc(F)cc2C(CCN)C1. The van der Waals surface area contributed by atoms with E-state index in [0.717, 1.165) is 19.3 Å². The van der Waals surface area contributed by atoms with Crippen LogP contribution in [0.5, 0.6) is 0 Å². The van der Waals surface area contributed by atoms with Gasteiger partial charge < -0.3 is 5.73 Å².